The number of benzene rings is 3. The molecule has 4 N–H and O–H groups in total. The van der Waals surface area contributed by atoms with E-state index in [1.807, 2.05) is 19.1 Å². The second-order valence-electron chi connectivity index (χ2n) is 10.1. The van der Waals surface area contributed by atoms with E-state index < -0.39 is 22.1 Å². The molecule has 41 heavy (non-hydrogen) atoms. The van der Waals surface area contributed by atoms with Crippen LogP contribution in [0.25, 0.3) is 0 Å². The van der Waals surface area contributed by atoms with Crippen molar-refractivity contribution in [3.05, 3.63) is 88.9 Å². The lowest BCUT2D eigenvalue weighted by molar-refractivity contribution is -0.123. The smallest absolute Gasteiger partial charge is 0.319 e. The van der Waals surface area contributed by atoms with Crippen molar-refractivity contribution in [3.63, 3.8) is 0 Å². The van der Waals surface area contributed by atoms with Crippen LogP contribution in [0, 0.1) is 12.8 Å². The molecule has 0 radical (unpaired) electrons. The first-order valence-corrected chi connectivity index (χ1v) is 15.7. The van der Waals surface area contributed by atoms with Crippen LogP contribution in [0.5, 0.6) is 0 Å². The number of urea groups is 1. The van der Waals surface area contributed by atoms with E-state index in [9.17, 15) is 18.0 Å². The first-order valence-electron chi connectivity index (χ1n) is 13.9. The fourth-order valence-electron chi connectivity index (χ4n) is 4.26. The third kappa shape index (κ3) is 10.4. The summed E-state index contributed by atoms with van der Waals surface area (Å²) in [4.78, 5) is 26.2. The van der Waals surface area contributed by atoms with Crippen LogP contribution >= 0.6 is 11.6 Å². The Morgan fingerprint density at radius 2 is 1.51 bits per heavy atom. The minimum Gasteiger partial charge on any atom is -0.354 e. The van der Waals surface area contributed by atoms with Gasteiger partial charge in [-0.3, -0.25) is 9.52 Å². The summed E-state index contributed by atoms with van der Waals surface area (Å²) in [5.41, 5.74) is 2.61. The molecule has 0 saturated heterocycles. The summed E-state index contributed by atoms with van der Waals surface area (Å²) in [6.07, 6.45) is 4.51. The fraction of sp³-hybridized carbons (Fsp3) is 0.355. The third-order valence-corrected chi connectivity index (χ3v) is 8.46. The van der Waals surface area contributed by atoms with Gasteiger partial charge in [-0.2, -0.15) is 0 Å². The molecule has 0 aromatic heterocycles. The number of hydrogen-bond acceptors (Lipinski definition) is 4. The molecule has 2 atom stereocenters. The summed E-state index contributed by atoms with van der Waals surface area (Å²) in [6, 6.07) is 18.6. The number of rotatable bonds is 14. The highest BCUT2D eigenvalue weighted by atomic mass is 35.5. The van der Waals surface area contributed by atoms with Gasteiger partial charge in [0.25, 0.3) is 10.0 Å². The van der Waals surface area contributed by atoms with Crippen molar-refractivity contribution in [1.82, 2.24) is 10.6 Å². The Morgan fingerprint density at radius 1 is 0.878 bits per heavy atom. The molecule has 10 heteroatoms. The van der Waals surface area contributed by atoms with Gasteiger partial charge in [0.15, 0.2) is 0 Å². The Labute approximate surface area is 248 Å². The largest absolute Gasteiger partial charge is 0.354 e. The minimum atomic E-state index is -3.75. The van der Waals surface area contributed by atoms with Crippen LogP contribution in [-0.2, 0) is 21.2 Å². The minimum absolute atomic E-state index is 0.158. The van der Waals surface area contributed by atoms with Gasteiger partial charge in [0.05, 0.1) is 4.90 Å². The van der Waals surface area contributed by atoms with Crippen molar-refractivity contribution in [2.75, 3.05) is 16.6 Å². The van der Waals surface area contributed by atoms with Crippen molar-refractivity contribution in [2.45, 2.75) is 63.8 Å². The van der Waals surface area contributed by atoms with Gasteiger partial charge in [0.2, 0.25) is 5.91 Å². The number of aryl methyl sites for hydroxylation is 1. The second kappa shape index (κ2) is 15.4. The Balaban J connectivity index is 1.64. The van der Waals surface area contributed by atoms with Gasteiger partial charge in [0.1, 0.15) is 6.04 Å². The van der Waals surface area contributed by atoms with Gasteiger partial charge in [-0.25, -0.2) is 13.2 Å². The van der Waals surface area contributed by atoms with E-state index in [2.05, 4.69) is 34.5 Å². The standard InChI is InChI=1S/C31H39ClN4O4S/c1-4-6-7-23(5-2)21-33-30(37)29(20-24-10-12-25(32)13-11-24)35-31(38)34-26-14-16-27(17-15-26)36-41(39,40)28-18-8-22(3)9-19-28/h8-19,23,29,36H,4-7,20-21H2,1-3H3,(H,33,37)(H2,34,35,38)/t23?,29-/m1/s1. The Kier molecular flexibility index (Phi) is 12.0. The topological polar surface area (TPSA) is 116 Å². The number of nitrogens with one attached hydrogen (secondary N) is 4. The average Bonchev–Trinajstić information content (AvgIpc) is 2.95. The molecule has 3 amide bonds. The maximum absolute atomic E-state index is 13.2. The van der Waals surface area contributed by atoms with Gasteiger partial charge in [-0.05, 0) is 73.4 Å². The van der Waals surface area contributed by atoms with Crippen LogP contribution in [0.1, 0.15) is 50.7 Å². The molecule has 0 heterocycles. The molecule has 1 unspecified atom stereocenters. The molecule has 0 saturated carbocycles. The van der Waals surface area contributed by atoms with Crippen LogP contribution in [0.4, 0.5) is 16.2 Å². The Hall–Kier alpha value is -3.56. The van der Waals surface area contributed by atoms with Gasteiger partial charge < -0.3 is 16.0 Å². The molecular weight excluding hydrogens is 560 g/mol. The molecule has 0 bridgehead atoms. The molecule has 0 fully saturated rings. The van der Waals surface area contributed by atoms with Gasteiger partial charge in [0, 0.05) is 29.4 Å². The predicted octanol–water partition coefficient (Wildman–Crippen LogP) is 6.51. The van der Waals surface area contributed by atoms with E-state index in [1.165, 1.54) is 0 Å². The molecule has 220 valence electrons. The SMILES string of the molecule is CCCCC(CC)CNC(=O)[C@@H](Cc1ccc(Cl)cc1)NC(=O)Nc1ccc(NS(=O)(=O)c2ccc(C)cc2)cc1. The zero-order chi connectivity index (χ0) is 29.8. The average molecular weight is 599 g/mol. The highest BCUT2D eigenvalue weighted by molar-refractivity contribution is 7.92. The summed E-state index contributed by atoms with van der Waals surface area (Å²) in [5.74, 6) is 0.122. The molecule has 0 aliphatic rings. The Bertz CT molecular complexity index is 1380. The first kappa shape index (κ1) is 32.0. The highest BCUT2D eigenvalue weighted by Gasteiger charge is 2.22. The van der Waals surface area contributed by atoms with Crippen molar-refractivity contribution < 1.29 is 18.0 Å². The number of carbonyl (C=O) groups excluding carboxylic acids is 2. The van der Waals surface area contributed by atoms with E-state index in [1.54, 1.807) is 60.7 Å². The molecule has 8 nitrogen and oxygen atoms in total. The van der Waals surface area contributed by atoms with Crippen LogP contribution in [0.15, 0.2) is 77.7 Å². The number of anilines is 2. The number of hydrogen-bond donors (Lipinski definition) is 4. The summed E-state index contributed by atoms with van der Waals surface area (Å²) in [7, 11) is -3.75. The monoisotopic (exact) mass is 598 g/mol. The zero-order valence-corrected chi connectivity index (χ0v) is 25.3. The number of carbonyl (C=O) groups is 2. The van der Waals surface area contributed by atoms with E-state index in [4.69, 9.17) is 11.6 Å². The molecular formula is C31H39ClN4O4S. The zero-order valence-electron chi connectivity index (χ0n) is 23.7. The molecule has 3 aromatic carbocycles. The summed E-state index contributed by atoms with van der Waals surface area (Å²) in [6.45, 7) is 6.69. The third-order valence-electron chi connectivity index (χ3n) is 6.81. The lowest BCUT2D eigenvalue weighted by Crippen LogP contribution is -2.50. The van der Waals surface area contributed by atoms with Crippen molar-refractivity contribution in [2.24, 2.45) is 5.92 Å². The Morgan fingerprint density at radius 3 is 2.12 bits per heavy atom. The molecule has 0 aliphatic carbocycles. The van der Waals surface area contributed by atoms with E-state index in [-0.39, 0.29) is 10.8 Å². The van der Waals surface area contributed by atoms with Gasteiger partial charge in [-0.1, -0.05) is 74.5 Å². The van der Waals surface area contributed by atoms with Gasteiger partial charge in [-0.15, -0.1) is 0 Å². The van der Waals surface area contributed by atoms with Crippen molar-refractivity contribution in [3.8, 4) is 0 Å². The summed E-state index contributed by atoms with van der Waals surface area (Å²) in [5, 5.41) is 9.12. The normalized spacial score (nSPS) is 12.7. The number of sulfonamides is 1. The fourth-order valence-corrected chi connectivity index (χ4v) is 5.44. The van der Waals surface area contributed by atoms with E-state index in [0.717, 1.165) is 36.8 Å². The van der Waals surface area contributed by atoms with Gasteiger partial charge >= 0.3 is 6.03 Å². The quantitative estimate of drug-likeness (QED) is 0.169. The highest BCUT2D eigenvalue weighted by Crippen LogP contribution is 2.19. The number of unbranched alkanes of at least 4 members (excludes halogenated alkanes) is 1. The number of halogens is 1. The van der Waals surface area contributed by atoms with Crippen molar-refractivity contribution >= 4 is 44.9 Å². The second-order valence-corrected chi connectivity index (χ2v) is 12.3. The van der Waals surface area contributed by atoms with Crippen LogP contribution < -0.4 is 20.7 Å². The van der Waals surface area contributed by atoms with E-state index >= 15 is 0 Å². The number of amides is 3. The van der Waals surface area contributed by atoms with Crippen LogP contribution in [0.2, 0.25) is 5.02 Å². The predicted molar refractivity (Wildman–Crippen MR) is 166 cm³/mol. The molecule has 3 rings (SSSR count). The maximum Gasteiger partial charge on any atom is 0.319 e. The van der Waals surface area contributed by atoms with E-state index in [0.29, 0.717) is 35.3 Å². The lowest BCUT2D eigenvalue weighted by atomic mass is 9.99. The lowest BCUT2D eigenvalue weighted by Gasteiger charge is -2.21. The van der Waals surface area contributed by atoms with Crippen LogP contribution in [0.3, 0.4) is 0 Å². The van der Waals surface area contributed by atoms with Crippen LogP contribution in [-0.4, -0.2) is 32.9 Å². The summed E-state index contributed by atoms with van der Waals surface area (Å²) < 4.78 is 27.9. The molecule has 0 aliphatic heterocycles. The maximum atomic E-state index is 13.2. The molecule has 0 spiro atoms. The summed E-state index contributed by atoms with van der Waals surface area (Å²) >= 11 is 6.01. The van der Waals surface area contributed by atoms with Crippen molar-refractivity contribution in [1.29, 1.82) is 0 Å². The first-order chi connectivity index (χ1) is 19.6. The molecule has 3 aromatic rings.